The summed E-state index contributed by atoms with van der Waals surface area (Å²) < 4.78 is 22.6. The maximum Gasteiger partial charge on any atom is 0.220 e. The Bertz CT molecular complexity index is 1800. The fourth-order valence-electron chi connectivity index (χ4n) is 9.22. The molecule has 2 aliphatic rings. The number of unbranched alkanes of at least 4 members (excludes halogenated alkanes) is 16. The molecule has 0 aromatic rings. The van der Waals surface area contributed by atoms with Gasteiger partial charge in [0, 0.05) is 6.42 Å². The standard InChI is InChI=1S/C66H109NO13/c1-3-5-7-9-10-11-12-13-14-15-16-17-18-19-20-21-22-23-24-25-26-27-28-29-30-31-32-33-34-35-36-37-38-39-40-41-42-43-44-46-48-50-58(71)67-54(55(70)49-47-45-8-6-4-2)53-77-65-63(76)61(74)64(57(52-69)79-65)80-66-62(75)60(73)59(72)56(51-68)78-66/h5,7,10-11,13-14,16-17,19-20,22-23,25-26,28-29,31-32,47,49,54-57,59-66,68-70,72-76H,3-4,6,8-9,12,15,18,21,24,27,30,33-46,48,50-53H2,1-2H3,(H,67,71)/b7-5-,11-10-,14-13-,17-16-,20-19-,23-22-,26-25-,29-28-,32-31-,49-47+. The number of rotatable bonds is 47. The van der Waals surface area contributed by atoms with Gasteiger partial charge in [-0.3, -0.25) is 4.79 Å². The van der Waals surface area contributed by atoms with Crippen molar-refractivity contribution in [3.8, 4) is 0 Å². The number of aliphatic hydroxyl groups is 8. The summed E-state index contributed by atoms with van der Waals surface area (Å²) >= 11 is 0. The van der Waals surface area contributed by atoms with Crippen molar-refractivity contribution in [1.82, 2.24) is 5.32 Å². The second kappa shape index (κ2) is 50.0. The van der Waals surface area contributed by atoms with Crippen LogP contribution in [0.5, 0.6) is 0 Å². The largest absolute Gasteiger partial charge is 0.394 e. The van der Waals surface area contributed by atoms with Gasteiger partial charge in [-0.2, -0.15) is 0 Å². The van der Waals surface area contributed by atoms with Gasteiger partial charge in [-0.1, -0.05) is 219 Å². The lowest BCUT2D eigenvalue weighted by Crippen LogP contribution is -2.65. The van der Waals surface area contributed by atoms with E-state index in [0.29, 0.717) is 6.42 Å². The number of ether oxygens (including phenoxy) is 4. The third kappa shape index (κ3) is 34.7. The molecule has 0 radical (unpaired) electrons. The molecule has 80 heavy (non-hydrogen) atoms. The minimum Gasteiger partial charge on any atom is -0.394 e. The van der Waals surface area contributed by atoms with Gasteiger partial charge in [0.1, 0.15) is 48.8 Å². The lowest BCUT2D eigenvalue weighted by atomic mass is 9.97. The van der Waals surface area contributed by atoms with E-state index in [-0.39, 0.29) is 18.9 Å². The van der Waals surface area contributed by atoms with Crippen LogP contribution in [0.1, 0.15) is 194 Å². The molecule has 0 aromatic heterocycles. The van der Waals surface area contributed by atoms with Crippen LogP contribution in [0.4, 0.5) is 0 Å². The lowest BCUT2D eigenvalue weighted by Gasteiger charge is -2.46. The highest BCUT2D eigenvalue weighted by Crippen LogP contribution is 2.30. The van der Waals surface area contributed by atoms with Gasteiger partial charge in [-0.15, -0.1) is 0 Å². The lowest BCUT2D eigenvalue weighted by molar-refractivity contribution is -0.359. The molecule has 12 unspecified atom stereocenters. The summed E-state index contributed by atoms with van der Waals surface area (Å²) in [5.41, 5.74) is 0. The number of nitrogens with one attached hydrogen (secondary N) is 1. The van der Waals surface area contributed by atoms with E-state index in [1.54, 1.807) is 6.08 Å². The molecule has 456 valence electrons. The molecule has 0 aliphatic carbocycles. The van der Waals surface area contributed by atoms with Gasteiger partial charge in [0.25, 0.3) is 0 Å². The summed E-state index contributed by atoms with van der Waals surface area (Å²) in [4.78, 5) is 13.1. The SMILES string of the molecule is CC/C=C\C/C=C\C/C=C\C/C=C\C/C=C\C/C=C\C/C=C\C/C=C\C/C=C\CCCCCCCCCCCCCCCC(=O)NC(COC1OC(CO)C(OC2OC(CO)C(O)C(O)C2O)C(O)C1O)C(O)/C=C/CCCCC. The summed E-state index contributed by atoms with van der Waals surface area (Å²) in [5.74, 6) is -0.254. The molecule has 2 fully saturated rings. The fourth-order valence-corrected chi connectivity index (χ4v) is 9.22. The smallest absolute Gasteiger partial charge is 0.220 e. The average molecular weight is 1120 g/mol. The summed E-state index contributed by atoms with van der Waals surface area (Å²) in [5, 5.41) is 86.4. The van der Waals surface area contributed by atoms with Gasteiger partial charge in [0.15, 0.2) is 12.6 Å². The van der Waals surface area contributed by atoms with E-state index in [1.165, 1.54) is 57.8 Å². The van der Waals surface area contributed by atoms with Gasteiger partial charge in [0.2, 0.25) is 5.91 Å². The van der Waals surface area contributed by atoms with Crippen molar-refractivity contribution in [3.05, 3.63) is 122 Å². The molecule has 2 saturated heterocycles. The quantitative estimate of drug-likeness (QED) is 0.0204. The molecular formula is C66H109NO13. The summed E-state index contributed by atoms with van der Waals surface area (Å²) in [6, 6.07) is -0.918. The highest BCUT2D eigenvalue weighted by molar-refractivity contribution is 5.76. The Morgan fingerprint density at radius 3 is 1.32 bits per heavy atom. The zero-order valence-corrected chi connectivity index (χ0v) is 49.0. The van der Waals surface area contributed by atoms with Crippen molar-refractivity contribution in [2.75, 3.05) is 19.8 Å². The molecule has 1 amide bonds. The molecule has 0 aromatic carbocycles. The van der Waals surface area contributed by atoms with Gasteiger partial charge in [-0.05, 0) is 89.9 Å². The molecule has 9 N–H and O–H groups in total. The molecule has 2 rings (SSSR count). The Labute approximate surface area is 482 Å². The maximum absolute atomic E-state index is 13.1. The zero-order chi connectivity index (χ0) is 58.1. The third-order valence-corrected chi connectivity index (χ3v) is 14.2. The first-order chi connectivity index (χ1) is 39.1. The predicted octanol–water partition coefficient (Wildman–Crippen LogP) is 11.0. The zero-order valence-electron chi connectivity index (χ0n) is 49.0. The minimum absolute atomic E-state index is 0.254. The van der Waals surface area contributed by atoms with Crippen LogP contribution >= 0.6 is 0 Å². The molecule has 0 saturated carbocycles. The van der Waals surface area contributed by atoms with Crippen molar-refractivity contribution in [2.24, 2.45) is 0 Å². The number of allylic oxidation sites excluding steroid dienone is 19. The van der Waals surface area contributed by atoms with Crippen LogP contribution in [0, 0.1) is 0 Å². The highest BCUT2D eigenvalue weighted by Gasteiger charge is 2.51. The predicted molar refractivity (Wildman–Crippen MR) is 322 cm³/mol. The maximum atomic E-state index is 13.1. The minimum atomic E-state index is -1.79. The number of amides is 1. The molecule has 2 heterocycles. The van der Waals surface area contributed by atoms with Crippen LogP contribution in [0.2, 0.25) is 0 Å². The monoisotopic (exact) mass is 1120 g/mol. The Hall–Kier alpha value is -3.61. The van der Waals surface area contributed by atoms with Crippen LogP contribution in [-0.2, 0) is 23.7 Å². The normalized spacial score (nSPS) is 25.1. The Balaban J connectivity index is 1.51. The molecule has 14 heteroatoms. The van der Waals surface area contributed by atoms with Gasteiger partial charge < -0.3 is 65.1 Å². The highest BCUT2D eigenvalue weighted by atomic mass is 16.7. The van der Waals surface area contributed by atoms with Gasteiger partial charge in [0.05, 0.1) is 32.0 Å². The van der Waals surface area contributed by atoms with E-state index in [1.807, 2.05) is 6.08 Å². The van der Waals surface area contributed by atoms with E-state index in [4.69, 9.17) is 18.9 Å². The first-order valence-electron chi connectivity index (χ1n) is 30.8. The first kappa shape index (κ1) is 72.5. The van der Waals surface area contributed by atoms with Crippen LogP contribution < -0.4 is 5.32 Å². The molecule has 12 atom stereocenters. The van der Waals surface area contributed by atoms with Crippen molar-refractivity contribution in [2.45, 2.75) is 267 Å². The molecule has 2 aliphatic heterocycles. The Morgan fingerprint density at radius 2 is 0.863 bits per heavy atom. The van der Waals surface area contributed by atoms with E-state index in [2.05, 4.69) is 129 Å². The third-order valence-electron chi connectivity index (χ3n) is 14.2. The van der Waals surface area contributed by atoms with Crippen LogP contribution in [-0.4, -0.2) is 140 Å². The van der Waals surface area contributed by atoms with Gasteiger partial charge in [-0.25, -0.2) is 0 Å². The van der Waals surface area contributed by atoms with E-state index in [9.17, 15) is 45.6 Å². The number of carbonyl (C=O) groups excluding carboxylic acids is 1. The van der Waals surface area contributed by atoms with Crippen molar-refractivity contribution in [3.63, 3.8) is 0 Å². The summed E-state index contributed by atoms with van der Waals surface area (Å²) in [6.45, 7) is 2.53. The number of aliphatic hydroxyl groups excluding tert-OH is 8. The topological polar surface area (TPSA) is 228 Å². The van der Waals surface area contributed by atoms with Crippen LogP contribution in [0.25, 0.3) is 0 Å². The van der Waals surface area contributed by atoms with Crippen molar-refractivity contribution >= 4 is 5.91 Å². The number of carbonyl (C=O) groups is 1. The first-order valence-corrected chi connectivity index (χ1v) is 30.8. The summed E-state index contributed by atoms with van der Waals surface area (Å²) in [7, 11) is 0. The second-order valence-electron chi connectivity index (χ2n) is 21.1. The van der Waals surface area contributed by atoms with Crippen LogP contribution in [0.3, 0.4) is 0 Å². The van der Waals surface area contributed by atoms with Crippen molar-refractivity contribution in [1.29, 1.82) is 0 Å². The van der Waals surface area contributed by atoms with Crippen LogP contribution in [0.15, 0.2) is 122 Å². The van der Waals surface area contributed by atoms with E-state index >= 15 is 0 Å². The average Bonchev–Trinajstić information content (AvgIpc) is 3.49. The van der Waals surface area contributed by atoms with E-state index < -0.39 is 86.8 Å². The molecule has 14 nitrogen and oxygen atoms in total. The molecular weight excluding hydrogens is 1010 g/mol. The number of hydrogen-bond acceptors (Lipinski definition) is 13. The second-order valence-corrected chi connectivity index (χ2v) is 21.1. The molecule has 0 bridgehead atoms. The molecule has 0 spiro atoms. The fraction of sp³-hybridized carbons (Fsp3) is 0.682. The number of hydrogen-bond donors (Lipinski definition) is 9. The van der Waals surface area contributed by atoms with Crippen molar-refractivity contribution < 1.29 is 64.6 Å². The Morgan fingerprint density at radius 1 is 0.463 bits per heavy atom. The van der Waals surface area contributed by atoms with Gasteiger partial charge >= 0.3 is 0 Å². The Kier molecular flexibility index (Phi) is 45.3. The van der Waals surface area contributed by atoms with E-state index in [0.717, 1.165) is 109 Å². The summed E-state index contributed by atoms with van der Waals surface area (Å²) in [6.07, 6.45) is 56.2.